The fraction of sp³-hybridized carbons (Fsp3) is 0.885. The Kier molecular flexibility index (Phi) is 4.44. The second-order valence-electron chi connectivity index (χ2n) is 12.5. The van der Waals surface area contributed by atoms with Crippen LogP contribution in [0.15, 0.2) is 11.6 Å². The van der Waals surface area contributed by atoms with Crippen LogP contribution >= 0.6 is 0 Å². The summed E-state index contributed by atoms with van der Waals surface area (Å²) < 4.78 is 6.11. The van der Waals surface area contributed by atoms with Crippen LogP contribution in [-0.4, -0.2) is 35.0 Å². The number of hydrogen-bond donors (Lipinski definition) is 2. The molecule has 1 heterocycles. The third-order valence-corrected chi connectivity index (χ3v) is 11.1. The molecule has 9 atom stereocenters. The van der Waals surface area contributed by atoms with E-state index in [1.165, 1.54) is 25.7 Å². The Morgan fingerprint density at radius 1 is 1.13 bits per heavy atom. The SMILES string of the molecule is C[C@@H](O)C1=CC[C@H]2[C@]3(C)CC[C@H]4C(C)(C)CCC[C@]4(CO)[C@H]3C[C@H]3OC(=O)[C@@H]1[C@@]32C. The molecule has 0 amide bonds. The molecule has 5 aliphatic rings. The molecule has 4 aliphatic carbocycles. The molecule has 0 unspecified atom stereocenters. The second kappa shape index (κ2) is 6.34. The van der Waals surface area contributed by atoms with Crippen LogP contribution in [-0.2, 0) is 9.53 Å². The smallest absolute Gasteiger partial charge is 0.314 e. The third-order valence-electron chi connectivity index (χ3n) is 11.1. The summed E-state index contributed by atoms with van der Waals surface area (Å²) in [5.41, 5.74) is 0.897. The van der Waals surface area contributed by atoms with Gasteiger partial charge in [0, 0.05) is 17.4 Å². The van der Waals surface area contributed by atoms with E-state index in [2.05, 4.69) is 33.8 Å². The van der Waals surface area contributed by atoms with Crippen LogP contribution in [0.4, 0.5) is 0 Å². The molecule has 0 radical (unpaired) electrons. The van der Waals surface area contributed by atoms with Crippen molar-refractivity contribution < 1.29 is 19.7 Å². The van der Waals surface area contributed by atoms with Gasteiger partial charge in [0.05, 0.1) is 12.0 Å². The average Bonchev–Trinajstić information content (AvgIpc) is 2.93. The van der Waals surface area contributed by atoms with Gasteiger partial charge in [0.2, 0.25) is 0 Å². The summed E-state index contributed by atoms with van der Waals surface area (Å²) >= 11 is 0. The number of rotatable bonds is 2. The fourth-order valence-electron chi connectivity index (χ4n) is 9.83. The monoisotopic (exact) mass is 416 g/mol. The number of aliphatic hydroxyl groups is 2. The summed E-state index contributed by atoms with van der Waals surface area (Å²) in [7, 11) is 0. The first-order valence-electron chi connectivity index (χ1n) is 12.2. The van der Waals surface area contributed by atoms with Gasteiger partial charge in [-0.25, -0.2) is 0 Å². The summed E-state index contributed by atoms with van der Waals surface area (Å²) in [4.78, 5) is 13.1. The second-order valence-corrected chi connectivity index (χ2v) is 12.5. The Morgan fingerprint density at radius 3 is 2.53 bits per heavy atom. The van der Waals surface area contributed by atoms with E-state index in [1.54, 1.807) is 6.92 Å². The molecule has 1 aliphatic heterocycles. The van der Waals surface area contributed by atoms with Crippen molar-refractivity contribution in [3.05, 3.63) is 11.6 Å². The molecule has 4 fully saturated rings. The maximum atomic E-state index is 13.1. The van der Waals surface area contributed by atoms with Crippen molar-refractivity contribution in [2.45, 2.75) is 91.8 Å². The first-order valence-corrected chi connectivity index (χ1v) is 12.2. The van der Waals surface area contributed by atoms with Crippen molar-refractivity contribution in [2.24, 2.45) is 45.3 Å². The molecule has 4 nitrogen and oxygen atoms in total. The zero-order chi connectivity index (χ0) is 21.7. The number of ether oxygens (including phenoxy) is 1. The zero-order valence-electron chi connectivity index (χ0n) is 19.4. The van der Waals surface area contributed by atoms with E-state index in [0.29, 0.717) is 17.8 Å². The van der Waals surface area contributed by atoms with Gasteiger partial charge < -0.3 is 14.9 Å². The van der Waals surface area contributed by atoms with Crippen LogP contribution in [0.1, 0.15) is 79.6 Å². The van der Waals surface area contributed by atoms with Crippen molar-refractivity contribution in [3.63, 3.8) is 0 Å². The maximum Gasteiger partial charge on any atom is 0.314 e. The Balaban J connectivity index is 1.63. The van der Waals surface area contributed by atoms with Gasteiger partial charge in [0.15, 0.2) is 0 Å². The van der Waals surface area contributed by atoms with Gasteiger partial charge in [-0.1, -0.05) is 40.2 Å². The highest BCUT2D eigenvalue weighted by molar-refractivity contribution is 5.80. The predicted molar refractivity (Wildman–Crippen MR) is 115 cm³/mol. The maximum absolute atomic E-state index is 13.1. The molecular weight excluding hydrogens is 376 g/mol. The minimum atomic E-state index is -0.608. The van der Waals surface area contributed by atoms with E-state index >= 15 is 0 Å². The van der Waals surface area contributed by atoms with E-state index in [9.17, 15) is 15.0 Å². The molecule has 4 heteroatoms. The van der Waals surface area contributed by atoms with Gasteiger partial charge in [0.1, 0.15) is 6.10 Å². The summed E-state index contributed by atoms with van der Waals surface area (Å²) in [6.07, 6.45) is 9.07. The topological polar surface area (TPSA) is 66.8 Å². The van der Waals surface area contributed by atoms with E-state index in [4.69, 9.17) is 4.74 Å². The average molecular weight is 417 g/mol. The summed E-state index contributed by atoms with van der Waals surface area (Å²) in [6.45, 7) is 11.6. The van der Waals surface area contributed by atoms with E-state index in [-0.39, 0.29) is 46.3 Å². The van der Waals surface area contributed by atoms with Crippen LogP contribution in [0.2, 0.25) is 0 Å². The molecule has 168 valence electrons. The van der Waals surface area contributed by atoms with E-state index in [1.807, 2.05) is 0 Å². The van der Waals surface area contributed by atoms with Crippen molar-refractivity contribution in [3.8, 4) is 0 Å². The molecule has 0 aromatic heterocycles. The van der Waals surface area contributed by atoms with E-state index in [0.717, 1.165) is 24.8 Å². The summed E-state index contributed by atoms with van der Waals surface area (Å²) in [5, 5.41) is 21.3. The number of hydrogen-bond acceptors (Lipinski definition) is 4. The lowest BCUT2D eigenvalue weighted by molar-refractivity contribution is -0.231. The molecule has 0 aromatic carbocycles. The third kappa shape index (κ3) is 2.33. The highest BCUT2D eigenvalue weighted by atomic mass is 16.6. The van der Waals surface area contributed by atoms with Crippen LogP contribution in [0.5, 0.6) is 0 Å². The highest BCUT2D eigenvalue weighted by Crippen LogP contribution is 2.74. The summed E-state index contributed by atoms with van der Waals surface area (Å²) in [5.74, 6) is 0.808. The van der Waals surface area contributed by atoms with Crippen molar-refractivity contribution >= 4 is 5.97 Å². The minimum Gasteiger partial charge on any atom is -0.461 e. The van der Waals surface area contributed by atoms with Crippen molar-refractivity contribution in [1.82, 2.24) is 0 Å². The number of carbonyl (C=O) groups is 1. The highest BCUT2D eigenvalue weighted by Gasteiger charge is 2.73. The number of fused-ring (bicyclic) bond motifs is 4. The van der Waals surface area contributed by atoms with Gasteiger partial charge >= 0.3 is 5.97 Å². The molecule has 0 spiro atoms. The summed E-state index contributed by atoms with van der Waals surface area (Å²) in [6, 6.07) is 0. The standard InChI is InChI=1S/C26H40O4/c1-15(28)16-7-8-18-24(4)12-9-17-23(2,3)10-6-11-26(17,14-27)19(24)13-20-25(18,5)21(16)22(29)30-20/h7,15,17-21,27-28H,6,8-14H2,1-5H3/t15-,17+,18+,19+,20-,21-,24+,25-,26-/m1/s1. The molecule has 30 heavy (non-hydrogen) atoms. The molecule has 2 N–H and O–H groups in total. The predicted octanol–water partition coefficient (Wildman–Crippen LogP) is 4.49. The van der Waals surface area contributed by atoms with Crippen molar-refractivity contribution in [2.75, 3.05) is 6.61 Å². The molecule has 0 bridgehead atoms. The molecule has 5 rings (SSSR count). The van der Waals surface area contributed by atoms with E-state index < -0.39 is 6.10 Å². The zero-order valence-corrected chi connectivity index (χ0v) is 19.4. The number of aliphatic hydroxyl groups excluding tert-OH is 2. The number of allylic oxidation sites excluding steroid dienone is 1. The molecule has 1 saturated heterocycles. The molecular formula is C26H40O4. The first-order chi connectivity index (χ1) is 14.0. The van der Waals surface area contributed by atoms with Gasteiger partial charge in [-0.05, 0) is 79.6 Å². The Labute approximate surface area is 181 Å². The Bertz CT molecular complexity index is 784. The van der Waals surface area contributed by atoms with Gasteiger partial charge in [-0.2, -0.15) is 0 Å². The fourth-order valence-corrected chi connectivity index (χ4v) is 9.83. The minimum absolute atomic E-state index is 0.0607. The number of carbonyl (C=O) groups excluding carboxylic acids is 1. The number of esters is 1. The van der Waals surface area contributed by atoms with Gasteiger partial charge in [0.25, 0.3) is 0 Å². The molecule has 3 saturated carbocycles. The van der Waals surface area contributed by atoms with Crippen LogP contribution < -0.4 is 0 Å². The van der Waals surface area contributed by atoms with Crippen LogP contribution in [0, 0.1) is 45.3 Å². The van der Waals surface area contributed by atoms with Crippen molar-refractivity contribution in [1.29, 1.82) is 0 Å². The van der Waals surface area contributed by atoms with Crippen LogP contribution in [0.25, 0.3) is 0 Å². The van der Waals surface area contributed by atoms with Gasteiger partial charge in [-0.15, -0.1) is 0 Å². The quantitative estimate of drug-likeness (QED) is 0.514. The van der Waals surface area contributed by atoms with Crippen LogP contribution in [0.3, 0.4) is 0 Å². The normalized spacial score (nSPS) is 52.4. The largest absolute Gasteiger partial charge is 0.461 e. The Hall–Kier alpha value is -0.870. The lowest BCUT2D eigenvalue weighted by Gasteiger charge is -2.69. The lowest BCUT2D eigenvalue weighted by Crippen LogP contribution is -2.66. The first kappa shape index (κ1) is 21.0. The van der Waals surface area contributed by atoms with Gasteiger partial charge in [-0.3, -0.25) is 4.79 Å². The molecule has 0 aromatic rings. The Morgan fingerprint density at radius 2 is 1.87 bits per heavy atom. The lowest BCUT2D eigenvalue weighted by atomic mass is 9.34.